The second kappa shape index (κ2) is 7.17. The minimum absolute atomic E-state index is 0.0157. The Labute approximate surface area is 125 Å². The summed E-state index contributed by atoms with van der Waals surface area (Å²) in [5.74, 6) is 0.489. The van der Waals surface area contributed by atoms with Gasteiger partial charge in [-0.3, -0.25) is 4.79 Å². The Hall–Kier alpha value is -0.720. The zero-order chi connectivity index (χ0) is 13.7. The quantitative estimate of drug-likeness (QED) is 0.824. The van der Waals surface area contributed by atoms with Gasteiger partial charge in [0.2, 0.25) is 5.91 Å². The number of nitrogen functional groups attached to an aromatic ring is 1. The summed E-state index contributed by atoms with van der Waals surface area (Å²) in [4.78, 5) is 11.9. The maximum absolute atomic E-state index is 11.9. The molecule has 4 nitrogen and oxygen atoms in total. The molecule has 1 aliphatic heterocycles. The average molecular weight is 345 g/mol. The van der Waals surface area contributed by atoms with E-state index in [4.69, 9.17) is 10.5 Å². The summed E-state index contributed by atoms with van der Waals surface area (Å²) in [5, 5.41) is 3.42. The molecule has 0 saturated carbocycles. The van der Waals surface area contributed by atoms with Gasteiger partial charge in [-0.15, -0.1) is 11.8 Å². The Bertz CT molecular complexity index is 450. The first kappa shape index (κ1) is 14.7. The lowest BCUT2D eigenvalue weighted by Crippen LogP contribution is -2.21. The Morgan fingerprint density at radius 1 is 1.47 bits per heavy atom. The number of carbonyl (C=O) groups is 1. The molecule has 6 heteroatoms. The van der Waals surface area contributed by atoms with Gasteiger partial charge < -0.3 is 15.8 Å². The fourth-order valence-corrected chi connectivity index (χ4v) is 3.34. The van der Waals surface area contributed by atoms with E-state index in [1.807, 2.05) is 0 Å². The first-order valence-corrected chi connectivity index (χ1v) is 8.03. The Morgan fingerprint density at radius 3 is 2.89 bits per heavy atom. The van der Waals surface area contributed by atoms with Gasteiger partial charge in [-0.2, -0.15) is 0 Å². The van der Waals surface area contributed by atoms with Crippen molar-refractivity contribution in [2.24, 2.45) is 0 Å². The van der Waals surface area contributed by atoms with Crippen LogP contribution in [0, 0.1) is 0 Å². The molecule has 1 aliphatic rings. The molecule has 0 bridgehead atoms. The van der Waals surface area contributed by atoms with Crippen molar-refractivity contribution in [3.63, 3.8) is 0 Å². The number of halogens is 1. The van der Waals surface area contributed by atoms with Gasteiger partial charge >= 0.3 is 0 Å². The van der Waals surface area contributed by atoms with Crippen LogP contribution < -0.4 is 11.1 Å². The van der Waals surface area contributed by atoms with Crippen LogP contribution in [-0.4, -0.2) is 30.1 Å². The van der Waals surface area contributed by atoms with E-state index in [1.165, 1.54) is 0 Å². The highest BCUT2D eigenvalue weighted by atomic mass is 79.9. The number of ether oxygens (including phenoxy) is 1. The second-order valence-corrected chi connectivity index (χ2v) is 6.55. The highest BCUT2D eigenvalue weighted by molar-refractivity contribution is 9.10. The lowest BCUT2D eigenvalue weighted by molar-refractivity contribution is -0.113. The summed E-state index contributed by atoms with van der Waals surface area (Å²) < 4.78 is 6.10. The summed E-state index contributed by atoms with van der Waals surface area (Å²) in [6.07, 6.45) is 2.06. The fraction of sp³-hybridized carbons (Fsp3) is 0.462. The molecule has 1 heterocycles. The van der Waals surface area contributed by atoms with Gasteiger partial charge in [-0.05, 0) is 47.0 Å². The summed E-state index contributed by atoms with van der Waals surface area (Å²) in [6.45, 7) is 1.62. The van der Waals surface area contributed by atoms with Crippen LogP contribution in [0.25, 0.3) is 0 Å². The van der Waals surface area contributed by atoms with Gasteiger partial charge in [0.25, 0.3) is 0 Å². The van der Waals surface area contributed by atoms with E-state index in [9.17, 15) is 4.79 Å². The molecule has 0 aromatic heterocycles. The van der Waals surface area contributed by atoms with Crippen LogP contribution in [0.4, 0.5) is 11.4 Å². The van der Waals surface area contributed by atoms with Crippen molar-refractivity contribution >= 4 is 45.0 Å². The lowest BCUT2D eigenvalue weighted by atomic mass is 10.2. The molecule has 0 unspecified atom stereocenters. The molecule has 1 fully saturated rings. The van der Waals surface area contributed by atoms with Crippen LogP contribution >= 0.6 is 27.7 Å². The predicted octanol–water partition coefficient (Wildman–Crippen LogP) is 2.88. The number of hydrogen-bond acceptors (Lipinski definition) is 4. The SMILES string of the molecule is Nc1ccc(NC(=O)CSC2CCOCC2)c(Br)c1. The van der Waals surface area contributed by atoms with E-state index in [-0.39, 0.29) is 5.91 Å². The number of nitrogens with two attached hydrogens (primary N) is 1. The molecule has 0 atom stereocenters. The highest BCUT2D eigenvalue weighted by Crippen LogP contribution is 2.26. The number of benzene rings is 1. The van der Waals surface area contributed by atoms with E-state index in [0.29, 0.717) is 16.7 Å². The van der Waals surface area contributed by atoms with E-state index < -0.39 is 0 Å². The summed E-state index contributed by atoms with van der Waals surface area (Å²) in [7, 11) is 0. The molecule has 104 valence electrons. The maximum atomic E-state index is 11.9. The van der Waals surface area contributed by atoms with Crippen molar-refractivity contribution in [1.82, 2.24) is 0 Å². The van der Waals surface area contributed by atoms with E-state index in [0.717, 1.165) is 36.2 Å². The third-order valence-electron chi connectivity index (χ3n) is 2.89. The van der Waals surface area contributed by atoms with E-state index >= 15 is 0 Å². The Balaban J connectivity index is 1.80. The van der Waals surface area contributed by atoms with Gasteiger partial charge in [-0.25, -0.2) is 0 Å². The van der Waals surface area contributed by atoms with Gasteiger partial charge in [-0.1, -0.05) is 0 Å². The number of rotatable bonds is 4. The third kappa shape index (κ3) is 4.71. The highest BCUT2D eigenvalue weighted by Gasteiger charge is 2.16. The molecule has 0 aliphatic carbocycles. The summed E-state index contributed by atoms with van der Waals surface area (Å²) in [6, 6.07) is 5.35. The zero-order valence-electron chi connectivity index (χ0n) is 10.5. The zero-order valence-corrected chi connectivity index (χ0v) is 12.9. The fourth-order valence-electron chi connectivity index (χ4n) is 1.86. The van der Waals surface area contributed by atoms with Crippen LogP contribution in [0.5, 0.6) is 0 Å². The first-order chi connectivity index (χ1) is 9.15. The molecule has 0 spiro atoms. The number of hydrogen-bond donors (Lipinski definition) is 2. The van der Waals surface area contributed by atoms with Gasteiger partial charge in [0, 0.05) is 28.6 Å². The normalized spacial score (nSPS) is 16.3. The molecule has 1 amide bonds. The van der Waals surface area contributed by atoms with Gasteiger partial charge in [0.1, 0.15) is 0 Å². The molecule has 19 heavy (non-hydrogen) atoms. The third-order valence-corrected chi connectivity index (χ3v) is 4.91. The summed E-state index contributed by atoms with van der Waals surface area (Å²) >= 11 is 5.09. The molecular formula is C13H17BrN2O2S. The van der Waals surface area contributed by atoms with Crippen LogP contribution in [0.2, 0.25) is 0 Å². The predicted molar refractivity (Wildman–Crippen MR) is 83.5 cm³/mol. The van der Waals surface area contributed by atoms with Crippen molar-refractivity contribution in [1.29, 1.82) is 0 Å². The minimum Gasteiger partial charge on any atom is -0.399 e. The van der Waals surface area contributed by atoms with Gasteiger partial charge in [0.15, 0.2) is 0 Å². The largest absolute Gasteiger partial charge is 0.399 e. The Kier molecular flexibility index (Phi) is 5.54. The lowest BCUT2D eigenvalue weighted by Gasteiger charge is -2.21. The number of nitrogens with one attached hydrogen (secondary N) is 1. The number of carbonyl (C=O) groups excluding carboxylic acids is 1. The topological polar surface area (TPSA) is 64.3 Å². The number of thioether (sulfide) groups is 1. The second-order valence-electron chi connectivity index (χ2n) is 4.41. The standard InChI is InChI=1S/C13H17BrN2O2S/c14-11-7-9(15)1-2-12(11)16-13(17)8-19-10-3-5-18-6-4-10/h1-2,7,10H,3-6,8,15H2,(H,16,17). The smallest absolute Gasteiger partial charge is 0.234 e. The van der Waals surface area contributed by atoms with Crippen molar-refractivity contribution < 1.29 is 9.53 Å². The van der Waals surface area contributed by atoms with E-state index in [1.54, 1.807) is 30.0 Å². The maximum Gasteiger partial charge on any atom is 0.234 e. The Morgan fingerprint density at radius 2 is 2.21 bits per heavy atom. The van der Waals surface area contributed by atoms with E-state index in [2.05, 4.69) is 21.2 Å². The van der Waals surface area contributed by atoms with Crippen molar-refractivity contribution in [3.8, 4) is 0 Å². The number of anilines is 2. The van der Waals surface area contributed by atoms with Crippen LogP contribution in [0.15, 0.2) is 22.7 Å². The van der Waals surface area contributed by atoms with Gasteiger partial charge in [0.05, 0.1) is 11.4 Å². The van der Waals surface area contributed by atoms with Crippen LogP contribution in [0.1, 0.15) is 12.8 Å². The van der Waals surface area contributed by atoms with Crippen LogP contribution in [0.3, 0.4) is 0 Å². The molecule has 1 saturated heterocycles. The van der Waals surface area contributed by atoms with Crippen molar-refractivity contribution in [2.45, 2.75) is 18.1 Å². The molecule has 2 rings (SSSR count). The minimum atomic E-state index is 0.0157. The molecular weight excluding hydrogens is 328 g/mol. The average Bonchev–Trinajstić information content (AvgIpc) is 2.41. The molecule has 1 aromatic carbocycles. The van der Waals surface area contributed by atoms with Crippen LogP contribution in [-0.2, 0) is 9.53 Å². The van der Waals surface area contributed by atoms with Crippen molar-refractivity contribution in [2.75, 3.05) is 30.0 Å². The molecule has 1 aromatic rings. The van der Waals surface area contributed by atoms with Crippen molar-refractivity contribution in [3.05, 3.63) is 22.7 Å². The summed E-state index contributed by atoms with van der Waals surface area (Å²) in [5.41, 5.74) is 7.08. The monoisotopic (exact) mass is 344 g/mol. The molecule has 3 N–H and O–H groups in total. The number of amides is 1. The molecule has 0 radical (unpaired) electrons. The first-order valence-electron chi connectivity index (χ1n) is 6.19.